The third-order valence-electron chi connectivity index (χ3n) is 3.07. The second-order valence-corrected chi connectivity index (χ2v) is 5.44. The van der Waals surface area contributed by atoms with Crippen LogP contribution in [0.25, 0.3) is 10.2 Å². The number of nitrogens with zero attached hydrogens (tertiary/aromatic N) is 4. The minimum Gasteiger partial charge on any atom is -0.383 e. The first-order valence-electron chi connectivity index (χ1n) is 6.50. The number of anilines is 1. The zero-order valence-electron chi connectivity index (χ0n) is 12.0. The van der Waals surface area contributed by atoms with E-state index < -0.39 is 0 Å². The van der Waals surface area contributed by atoms with Crippen LogP contribution in [0.15, 0.2) is 5.38 Å². The lowest BCUT2D eigenvalue weighted by Crippen LogP contribution is -2.29. The van der Waals surface area contributed by atoms with E-state index >= 15 is 0 Å². The second kappa shape index (κ2) is 6.64. The minimum absolute atomic E-state index is 0.470. The van der Waals surface area contributed by atoms with E-state index in [2.05, 4.69) is 33.2 Å². The highest BCUT2D eigenvalue weighted by Gasteiger charge is 2.16. The van der Waals surface area contributed by atoms with E-state index in [1.165, 1.54) is 5.56 Å². The van der Waals surface area contributed by atoms with Gasteiger partial charge in [-0.2, -0.15) is 5.26 Å². The molecule has 0 aliphatic carbocycles. The molecule has 2 aromatic heterocycles. The molecule has 106 valence electrons. The molecule has 0 aliphatic rings. The standard InChI is InChI=1S/C14H18N4OS/c1-10-9-20-14-12(10)13(16-11(2)17-14)18(6-4-5-15)7-8-19-3/h9H,4,6-8H2,1-3H3. The number of ether oxygens (including phenoxy) is 1. The molecule has 0 radical (unpaired) electrons. The van der Waals surface area contributed by atoms with Crippen LogP contribution in [0, 0.1) is 25.2 Å². The molecule has 0 bridgehead atoms. The Bertz CT molecular complexity index is 632. The first-order valence-corrected chi connectivity index (χ1v) is 7.38. The number of fused-ring (bicyclic) bond motifs is 1. The summed E-state index contributed by atoms with van der Waals surface area (Å²) in [5.41, 5.74) is 1.18. The van der Waals surface area contributed by atoms with Crippen molar-refractivity contribution in [3.05, 3.63) is 16.8 Å². The molecule has 0 saturated carbocycles. The number of nitriles is 1. The summed E-state index contributed by atoms with van der Waals surface area (Å²) >= 11 is 1.63. The number of rotatable bonds is 6. The fraction of sp³-hybridized carbons (Fsp3) is 0.500. The molecule has 6 heteroatoms. The van der Waals surface area contributed by atoms with Crippen LogP contribution in [-0.4, -0.2) is 36.8 Å². The zero-order chi connectivity index (χ0) is 14.5. The number of methoxy groups -OCH3 is 1. The molecule has 0 N–H and O–H groups in total. The molecule has 0 aromatic carbocycles. The average Bonchev–Trinajstić information content (AvgIpc) is 2.80. The van der Waals surface area contributed by atoms with Crippen LogP contribution < -0.4 is 4.90 Å². The smallest absolute Gasteiger partial charge is 0.141 e. The molecule has 0 spiro atoms. The van der Waals surface area contributed by atoms with Crippen molar-refractivity contribution in [2.24, 2.45) is 0 Å². The lowest BCUT2D eigenvalue weighted by molar-refractivity contribution is 0.205. The molecule has 0 fully saturated rings. The van der Waals surface area contributed by atoms with Crippen molar-refractivity contribution >= 4 is 27.4 Å². The van der Waals surface area contributed by atoms with E-state index in [1.807, 2.05) is 6.92 Å². The number of hydrogen-bond donors (Lipinski definition) is 0. The van der Waals surface area contributed by atoms with Gasteiger partial charge >= 0.3 is 0 Å². The van der Waals surface area contributed by atoms with Crippen LogP contribution in [0.3, 0.4) is 0 Å². The number of aryl methyl sites for hydroxylation is 2. The Morgan fingerprint density at radius 1 is 1.35 bits per heavy atom. The van der Waals surface area contributed by atoms with E-state index in [0.717, 1.165) is 28.4 Å². The summed E-state index contributed by atoms with van der Waals surface area (Å²) in [6.45, 7) is 5.95. The van der Waals surface area contributed by atoms with Gasteiger partial charge in [-0.15, -0.1) is 11.3 Å². The van der Waals surface area contributed by atoms with Crippen molar-refractivity contribution in [3.8, 4) is 6.07 Å². The van der Waals surface area contributed by atoms with Crippen molar-refractivity contribution < 1.29 is 4.74 Å². The van der Waals surface area contributed by atoms with Gasteiger partial charge in [0.2, 0.25) is 0 Å². The molecule has 0 saturated heterocycles. The van der Waals surface area contributed by atoms with Crippen LogP contribution in [0.1, 0.15) is 17.8 Å². The Kier molecular flexibility index (Phi) is 4.88. The second-order valence-electron chi connectivity index (χ2n) is 4.58. The summed E-state index contributed by atoms with van der Waals surface area (Å²) in [7, 11) is 1.68. The van der Waals surface area contributed by atoms with Crippen LogP contribution in [0.4, 0.5) is 5.82 Å². The fourth-order valence-corrected chi connectivity index (χ4v) is 3.07. The molecule has 2 heterocycles. The quantitative estimate of drug-likeness (QED) is 0.818. The van der Waals surface area contributed by atoms with Crippen molar-refractivity contribution in [2.75, 3.05) is 31.7 Å². The first-order chi connectivity index (χ1) is 9.67. The molecular formula is C14H18N4OS. The van der Waals surface area contributed by atoms with E-state index in [9.17, 15) is 0 Å². The molecule has 0 amide bonds. The molecule has 0 aliphatic heterocycles. The molecule has 2 aromatic rings. The normalized spacial score (nSPS) is 10.7. The Balaban J connectivity index is 2.45. The van der Waals surface area contributed by atoms with Gasteiger partial charge in [-0.1, -0.05) is 0 Å². The number of hydrogen-bond acceptors (Lipinski definition) is 6. The van der Waals surface area contributed by atoms with Crippen molar-refractivity contribution in [1.29, 1.82) is 5.26 Å². The van der Waals surface area contributed by atoms with Crippen molar-refractivity contribution in [1.82, 2.24) is 9.97 Å². The SMILES string of the molecule is COCCN(CCC#N)c1nc(C)nc2scc(C)c12. The van der Waals surface area contributed by atoms with Crippen LogP contribution in [0.2, 0.25) is 0 Å². The highest BCUT2D eigenvalue weighted by Crippen LogP contribution is 2.31. The minimum atomic E-state index is 0.470. The lowest BCUT2D eigenvalue weighted by atomic mass is 10.2. The van der Waals surface area contributed by atoms with E-state index in [4.69, 9.17) is 10.00 Å². The van der Waals surface area contributed by atoms with Gasteiger partial charge in [0.1, 0.15) is 16.5 Å². The van der Waals surface area contributed by atoms with Gasteiger partial charge in [0, 0.05) is 20.2 Å². The Morgan fingerprint density at radius 2 is 2.15 bits per heavy atom. The maximum absolute atomic E-state index is 8.83. The van der Waals surface area contributed by atoms with Crippen LogP contribution in [0.5, 0.6) is 0 Å². The molecule has 0 atom stereocenters. The summed E-state index contributed by atoms with van der Waals surface area (Å²) < 4.78 is 5.16. The summed E-state index contributed by atoms with van der Waals surface area (Å²) in [5.74, 6) is 1.67. The molecule has 5 nitrogen and oxygen atoms in total. The number of aromatic nitrogens is 2. The summed E-state index contributed by atoms with van der Waals surface area (Å²) in [6, 6.07) is 2.19. The van der Waals surface area contributed by atoms with Crippen LogP contribution in [-0.2, 0) is 4.74 Å². The van der Waals surface area contributed by atoms with Gasteiger partial charge in [0.15, 0.2) is 0 Å². The topological polar surface area (TPSA) is 62.0 Å². The van der Waals surface area contributed by atoms with Gasteiger partial charge in [-0.05, 0) is 24.8 Å². The summed E-state index contributed by atoms with van der Waals surface area (Å²) in [4.78, 5) is 12.2. The van der Waals surface area contributed by atoms with Gasteiger partial charge in [0.25, 0.3) is 0 Å². The third kappa shape index (κ3) is 3.06. The fourth-order valence-electron chi connectivity index (χ4n) is 2.10. The Hall–Kier alpha value is -1.71. The van der Waals surface area contributed by atoms with Crippen molar-refractivity contribution in [3.63, 3.8) is 0 Å². The maximum atomic E-state index is 8.83. The highest BCUT2D eigenvalue weighted by molar-refractivity contribution is 7.17. The van der Waals surface area contributed by atoms with E-state index in [1.54, 1.807) is 18.4 Å². The first kappa shape index (κ1) is 14.7. The van der Waals surface area contributed by atoms with Gasteiger partial charge in [-0.25, -0.2) is 9.97 Å². The lowest BCUT2D eigenvalue weighted by Gasteiger charge is -2.23. The predicted octanol–water partition coefficient (Wildman–Crippen LogP) is 2.67. The number of thiophene rings is 1. The van der Waals surface area contributed by atoms with Gasteiger partial charge in [-0.3, -0.25) is 0 Å². The third-order valence-corrected chi connectivity index (χ3v) is 4.06. The van der Waals surface area contributed by atoms with Crippen molar-refractivity contribution in [2.45, 2.75) is 20.3 Å². The molecule has 20 heavy (non-hydrogen) atoms. The summed E-state index contributed by atoms with van der Waals surface area (Å²) in [5, 5.41) is 12.0. The Labute approximate surface area is 122 Å². The monoisotopic (exact) mass is 290 g/mol. The largest absolute Gasteiger partial charge is 0.383 e. The molecule has 0 unspecified atom stereocenters. The van der Waals surface area contributed by atoms with Gasteiger partial charge < -0.3 is 9.64 Å². The maximum Gasteiger partial charge on any atom is 0.141 e. The Morgan fingerprint density at radius 3 is 2.85 bits per heavy atom. The molecular weight excluding hydrogens is 272 g/mol. The highest BCUT2D eigenvalue weighted by atomic mass is 32.1. The summed E-state index contributed by atoms with van der Waals surface area (Å²) in [6.07, 6.45) is 0.470. The zero-order valence-corrected chi connectivity index (χ0v) is 12.8. The van der Waals surface area contributed by atoms with E-state index in [0.29, 0.717) is 19.6 Å². The average molecular weight is 290 g/mol. The van der Waals surface area contributed by atoms with E-state index in [-0.39, 0.29) is 0 Å². The van der Waals surface area contributed by atoms with Crippen LogP contribution >= 0.6 is 11.3 Å². The molecule has 2 rings (SSSR count). The predicted molar refractivity (Wildman–Crippen MR) is 81.2 cm³/mol. The van der Waals surface area contributed by atoms with Gasteiger partial charge in [0.05, 0.1) is 24.5 Å².